The molecule has 0 bridgehead atoms. The fraction of sp³-hybridized carbons (Fsp3) is 0.200. The first-order valence-electron chi connectivity index (χ1n) is 6.02. The predicted molar refractivity (Wildman–Crippen MR) is 73.0 cm³/mol. The summed E-state index contributed by atoms with van der Waals surface area (Å²) in [5.41, 5.74) is 6.84. The van der Waals surface area contributed by atoms with E-state index in [1.165, 1.54) is 6.07 Å². The molecule has 0 spiro atoms. The van der Waals surface area contributed by atoms with Crippen LogP contribution in [0.25, 0.3) is 0 Å². The maximum atomic E-state index is 13.1. The summed E-state index contributed by atoms with van der Waals surface area (Å²) < 4.78 is 24.0. The monoisotopic (exact) mass is 261 g/mol. The first kappa shape index (κ1) is 13.2. The van der Waals surface area contributed by atoms with E-state index < -0.39 is 0 Å². The van der Waals surface area contributed by atoms with E-state index in [4.69, 9.17) is 15.2 Å². The zero-order valence-corrected chi connectivity index (χ0v) is 10.7. The summed E-state index contributed by atoms with van der Waals surface area (Å²) >= 11 is 0. The normalized spacial score (nSPS) is 10.2. The van der Waals surface area contributed by atoms with Crippen molar-refractivity contribution in [2.45, 2.75) is 6.92 Å². The lowest BCUT2D eigenvalue weighted by molar-refractivity contribution is 0.217. The molecule has 0 fully saturated rings. The van der Waals surface area contributed by atoms with Crippen molar-refractivity contribution < 1.29 is 13.9 Å². The van der Waals surface area contributed by atoms with Gasteiger partial charge in [-0.25, -0.2) is 4.39 Å². The quantitative estimate of drug-likeness (QED) is 0.664. The third-order valence-electron chi connectivity index (χ3n) is 2.63. The van der Waals surface area contributed by atoms with Crippen LogP contribution >= 0.6 is 0 Å². The van der Waals surface area contributed by atoms with Gasteiger partial charge >= 0.3 is 0 Å². The van der Waals surface area contributed by atoms with E-state index in [2.05, 4.69) is 0 Å². The highest BCUT2D eigenvalue weighted by Gasteiger charge is 2.00. The van der Waals surface area contributed by atoms with Crippen LogP contribution in [0.5, 0.6) is 11.5 Å². The van der Waals surface area contributed by atoms with Crippen molar-refractivity contribution in [3.63, 3.8) is 0 Å². The van der Waals surface area contributed by atoms with Crippen molar-refractivity contribution in [2.24, 2.45) is 0 Å². The summed E-state index contributed by atoms with van der Waals surface area (Å²) in [4.78, 5) is 0. The molecule has 0 atom stereocenters. The number of hydrogen-bond acceptors (Lipinski definition) is 3. The average molecular weight is 261 g/mol. The highest BCUT2D eigenvalue weighted by Crippen LogP contribution is 2.16. The van der Waals surface area contributed by atoms with Gasteiger partial charge in [-0.05, 0) is 55.0 Å². The number of halogens is 1. The second kappa shape index (κ2) is 6.09. The largest absolute Gasteiger partial charge is 0.490 e. The van der Waals surface area contributed by atoms with Gasteiger partial charge in [-0.3, -0.25) is 0 Å². The standard InChI is InChI=1S/C15H16FNO2/c1-11-10-14(6-7-15(11)16)19-9-8-18-13-4-2-12(17)3-5-13/h2-7,10H,8-9,17H2,1H3. The summed E-state index contributed by atoms with van der Waals surface area (Å²) in [6.07, 6.45) is 0. The van der Waals surface area contributed by atoms with Crippen LogP contribution in [0.2, 0.25) is 0 Å². The molecule has 100 valence electrons. The molecular formula is C15H16FNO2. The molecule has 0 heterocycles. The second-order valence-electron chi connectivity index (χ2n) is 4.18. The Hall–Kier alpha value is -2.23. The average Bonchev–Trinajstić information content (AvgIpc) is 2.41. The van der Waals surface area contributed by atoms with Gasteiger partial charge in [0.1, 0.15) is 30.5 Å². The van der Waals surface area contributed by atoms with E-state index in [1.54, 1.807) is 43.3 Å². The van der Waals surface area contributed by atoms with Crippen LogP contribution in [0.1, 0.15) is 5.56 Å². The Morgan fingerprint density at radius 1 is 0.947 bits per heavy atom. The highest BCUT2D eigenvalue weighted by atomic mass is 19.1. The van der Waals surface area contributed by atoms with E-state index in [0.717, 1.165) is 5.75 Å². The van der Waals surface area contributed by atoms with Gasteiger partial charge < -0.3 is 15.2 Å². The maximum Gasteiger partial charge on any atom is 0.126 e. The molecule has 2 rings (SSSR count). The van der Waals surface area contributed by atoms with Crippen LogP contribution in [0.15, 0.2) is 42.5 Å². The molecule has 0 saturated carbocycles. The Morgan fingerprint density at radius 3 is 2.16 bits per heavy atom. The summed E-state index contributed by atoms with van der Waals surface area (Å²) in [6.45, 7) is 2.52. The van der Waals surface area contributed by atoms with Gasteiger partial charge in [-0.1, -0.05) is 0 Å². The number of hydrogen-bond donors (Lipinski definition) is 1. The third-order valence-corrected chi connectivity index (χ3v) is 2.63. The van der Waals surface area contributed by atoms with Crippen LogP contribution in [0.4, 0.5) is 10.1 Å². The van der Waals surface area contributed by atoms with E-state index in [1.807, 2.05) is 0 Å². The van der Waals surface area contributed by atoms with E-state index in [0.29, 0.717) is 30.2 Å². The first-order chi connectivity index (χ1) is 9.15. The molecule has 0 radical (unpaired) electrons. The molecule has 4 heteroatoms. The van der Waals surface area contributed by atoms with Crippen LogP contribution < -0.4 is 15.2 Å². The summed E-state index contributed by atoms with van der Waals surface area (Å²) in [6, 6.07) is 11.8. The van der Waals surface area contributed by atoms with E-state index in [9.17, 15) is 4.39 Å². The number of benzene rings is 2. The second-order valence-corrected chi connectivity index (χ2v) is 4.18. The minimum absolute atomic E-state index is 0.231. The Balaban J connectivity index is 1.77. The van der Waals surface area contributed by atoms with Gasteiger partial charge in [0, 0.05) is 5.69 Å². The van der Waals surface area contributed by atoms with Crippen molar-refractivity contribution >= 4 is 5.69 Å². The Bertz CT molecular complexity index is 540. The minimum atomic E-state index is -0.231. The Morgan fingerprint density at radius 2 is 1.53 bits per heavy atom. The SMILES string of the molecule is Cc1cc(OCCOc2ccc(N)cc2)ccc1F. The molecule has 0 amide bonds. The van der Waals surface area contributed by atoms with Crippen molar-refractivity contribution in [2.75, 3.05) is 18.9 Å². The van der Waals surface area contributed by atoms with Crippen LogP contribution in [-0.4, -0.2) is 13.2 Å². The maximum absolute atomic E-state index is 13.1. The van der Waals surface area contributed by atoms with Gasteiger partial charge in [0.2, 0.25) is 0 Å². The number of anilines is 1. The number of rotatable bonds is 5. The van der Waals surface area contributed by atoms with Crippen LogP contribution in [0, 0.1) is 12.7 Å². The van der Waals surface area contributed by atoms with Gasteiger partial charge in [-0.15, -0.1) is 0 Å². The predicted octanol–water partition coefficient (Wildman–Crippen LogP) is 3.17. The summed E-state index contributed by atoms with van der Waals surface area (Å²) in [7, 11) is 0. The van der Waals surface area contributed by atoms with Crippen molar-refractivity contribution in [1.29, 1.82) is 0 Å². The van der Waals surface area contributed by atoms with Crippen molar-refractivity contribution in [3.8, 4) is 11.5 Å². The van der Waals surface area contributed by atoms with Crippen molar-refractivity contribution in [1.82, 2.24) is 0 Å². The molecule has 0 unspecified atom stereocenters. The summed E-state index contributed by atoms with van der Waals surface area (Å²) in [5.74, 6) is 1.15. The van der Waals surface area contributed by atoms with E-state index >= 15 is 0 Å². The number of ether oxygens (including phenoxy) is 2. The molecule has 0 saturated heterocycles. The smallest absolute Gasteiger partial charge is 0.126 e. The van der Waals surface area contributed by atoms with Gasteiger partial charge in [0.05, 0.1) is 0 Å². The molecule has 2 aromatic carbocycles. The third kappa shape index (κ3) is 3.88. The van der Waals surface area contributed by atoms with Gasteiger partial charge in [0.25, 0.3) is 0 Å². The fourth-order valence-electron chi connectivity index (χ4n) is 1.59. The topological polar surface area (TPSA) is 44.5 Å². The van der Waals surface area contributed by atoms with E-state index in [-0.39, 0.29) is 5.82 Å². The lowest BCUT2D eigenvalue weighted by atomic mass is 10.2. The molecular weight excluding hydrogens is 245 g/mol. The van der Waals surface area contributed by atoms with Crippen LogP contribution in [-0.2, 0) is 0 Å². The molecule has 19 heavy (non-hydrogen) atoms. The Kier molecular flexibility index (Phi) is 4.23. The zero-order chi connectivity index (χ0) is 13.7. The number of aryl methyl sites for hydroxylation is 1. The lowest BCUT2D eigenvalue weighted by Gasteiger charge is -2.09. The molecule has 0 aromatic heterocycles. The van der Waals surface area contributed by atoms with Gasteiger partial charge in [0.15, 0.2) is 0 Å². The Labute approximate surface area is 111 Å². The molecule has 0 aliphatic rings. The molecule has 0 aliphatic carbocycles. The minimum Gasteiger partial charge on any atom is -0.490 e. The van der Waals surface area contributed by atoms with Crippen LogP contribution in [0.3, 0.4) is 0 Å². The summed E-state index contributed by atoms with van der Waals surface area (Å²) in [5, 5.41) is 0. The zero-order valence-electron chi connectivity index (χ0n) is 10.7. The van der Waals surface area contributed by atoms with Gasteiger partial charge in [-0.2, -0.15) is 0 Å². The molecule has 2 N–H and O–H groups in total. The lowest BCUT2D eigenvalue weighted by Crippen LogP contribution is -2.09. The fourth-order valence-corrected chi connectivity index (χ4v) is 1.59. The molecule has 0 aliphatic heterocycles. The first-order valence-corrected chi connectivity index (χ1v) is 6.02. The molecule has 3 nitrogen and oxygen atoms in total. The van der Waals surface area contributed by atoms with Crippen molar-refractivity contribution in [3.05, 3.63) is 53.8 Å². The number of nitrogen functional groups attached to an aromatic ring is 1. The molecule has 2 aromatic rings. The highest BCUT2D eigenvalue weighted by molar-refractivity contribution is 5.41. The number of nitrogens with two attached hydrogens (primary N) is 1.